The Bertz CT molecular complexity index is 609. The quantitative estimate of drug-likeness (QED) is 0.668. The van der Waals surface area contributed by atoms with Crippen LogP contribution in [0.5, 0.6) is 0 Å². The summed E-state index contributed by atoms with van der Waals surface area (Å²) in [6.07, 6.45) is 4.87. The van der Waals surface area contributed by atoms with Crippen LogP contribution in [0.1, 0.15) is 11.3 Å². The number of anilines is 1. The number of nitrogens with zero attached hydrogens (tertiary/aromatic N) is 1. The van der Waals surface area contributed by atoms with Crippen molar-refractivity contribution in [3.63, 3.8) is 0 Å². The predicted octanol–water partition coefficient (Wildman–Crippen LogP) is 3.65. The number of pyridine rings is 1. The number of nitrogens with one attached hydrogen (secondary N) is 1. The summed E-state index contributed by atoms with van der Waals surface area (Å²) in [5.74, 6) is -0.157. The molecule has 96 valence electrons. The first-order valence-electron chi connectivity index (χ1n) is 5.81. The number of hydrogen-bond donors (Lipinski definition) is 1. The van der Waals surface area contributed by atoms with Crippen molar-refractivity contribution in [3.05, 3.63) is 63.5 Å². The van der Waals surface area contributed by atoms with Gasteiger partial charge in [-0.1, -0.05) is 6.07 Å². The van der Waals surface area contributed by atoms with E-state index in [0.717, 1.165) is 20.5 Å². The second-order valence-corrected chi connectivity index (χ2v) is 5.28. The smallest absolute Gasteiger partial charge is 0.248 e. The molecule has 19 heavy (non-hydrogen) atoms. The van der Waals surface area contributed by atoms with Gasteiger partial charge in [0.05, 0.1) is 5.69 Å². The van der Waals surface area contributed by atoms with Crippen LogP contribution >= 0.6 is 22.6 Å². The van der Waals surface area contributed by atoms with Gasteiger partial charge >= 0.3 is 0 Å². The van der Waals surface area contributed by atoms with Crippen molar-refractivity contribution in [3.8, 4) is 0 Å². The SMILES string of the molecule is Cc1cc(I)ccc1NC(=O)/C=C/c1ccccn1. The van der Waals surface area contributed by atoms with E-state index in [4.69, 9.17) is 0 Å². The molecule has 0 saturated heterocycles. The molecule has 2 aromatic rings. The molecular formula is C15H13IN2O. The van der Waals surface area contributed by atoms with Crippen LogP contribution in [0.25, 0.3) is 6.08 Å². The lowest BCUT2D eigenvalue weighted by atomic mass is 10.2. The molecule has 1 aromatic heterocycles. The van der Waals surface area contributed by atoms with Gasteiger partial charge in [-0.25, -0.2) is 0 Å². The molecular weight excluding hydrogens is 351 g/mol. The number of benzene rings is 1. The zero-order chi connectivity index (χ0) is 13.7. The van der Waals surface area contributed by atoms with Gasteiger partial charge in [-0.15, -0.1) is 0 Å². The highest BCUT2D eigenvalue weighted by Gasteiger charge is 2.01. The fraction of sp³-hybridized carbons (Fsp3) is 0.0667. The predicted molar refractivity (Wildman–Crippen MR) is 85.8 cm³/mol. The van der Waals surface area contributed by atoms with Gasteiger partial charge in [0, 0.05) is 21.5 Å². The van der Waals surface area contributed by atoms with Crippen LogP contribution in [0.15, 0.2) is 48.7 Å². The third-order valence-electron chi connectivity index (χ3n) is 2.54. The lowest BCUT2D eigenvalue weighted by Gasteiger charge is -2.06. The van der Waals surface area contributed by atoms with Crippen LogP contribution in [-0.4, -0.2) is 10.9 Å². The van der Waals surface area contributed by atoms with Gasteiger partial charge < -0.3 is 5.32 Å². The number of aromatic nitrogens is 1. The van der Waals surface area contributed by atoms with E-state index in [1.54, 1.807) is 12.3 Å². The third-order valence-corrected chi connectivity index (χ3v) is 3.21. The molecule has 2 rings (SSSR count). The molecule has 1 aromatic carbocycles. The molecule has 0 aliphatic carbocycles. The average molecular weight is 364 g/mol. The summed E-state index contributed by atoms with van der Waals surface area (Å²) in [6.45, 7) is 1.97. The van der Waals surface area contributed by atoms with Crippen molar-refractivity contribution < 1.29 is 4.79 Å². The second kappa shape index (κ2) is 6.47. The summed E-state index contributed by atoms with van der Waals surface area (Å²) in [4.78, 5) is 15.9. The Hall–Kier alpha value is -1.69. The highest BCUT2D eigenvalue weighted by molar-refractivity contribution is 14.1. The molecule has 0 aliphatic heterocycles. The summed E-state index contributed by atoms with van der Waals surface area (Å²) in [5.41, 5.74) is 2.64. The first-order valence-corrected chi connectivity index (χ1v) is 6.89. The number of halogens is 1. The Labute approximate surface area is 125 Å². The normalized spacial score (nSPS) is 10.6. The molecule has 1 heterocycles. The molecule has 1 N–H and O–H groups in total. The maximum Gasteiger partial charge on any atom is 0.248 e. The number of hydrogen-bond acceptors (Lipinski definition) is 2. The Morgan fingerprint density at radius 2 is 2.16 bits per heavy atom. The summed E-state index contributed by atoms with van der Waals surface area (Å²) >= 11 is 2.25. The largest absolute Gasteiger partial charge is 0.322 e. The van der Waals surface area contributed by atoms with Crippen molar-refractivity contribution in [2.75, 3.05) is 5.32 Å². The monoisotopic (exact) mass is 364 g/mol. The third kappa shape index (κ3) is 4.17. The summed E-state index contributed by atoms with van der Waals surface area (Å²) < 4.78 is 1.15. The minimum atomic E-state index is -0.157. The van der Waals surface area contributed by atoms with E-state index < -0.39 is 0 Å². The summed E-state index contributed by atoms with van der Waals surface area (Å²) in [7, 11) is 0. The van der Waals surface area contributed by atoms with Crippen LogP contribution < -0.4 is 5.32 Å². The molecule has 0 spiro atoms. The van der Waals surface area contributed by atoms with Crippen LogP contribution in [0, 0.1) is 10.5 Å². The van der Waals surface area contributed by atoms with Crippen molar-refractivity contribution >= 4 is 40.3 Å². The highest BCUT2D eigenvalue weighted by Crippen LogP contribution is 2.17. The summed E-state index contributed by atoms with van der Waals surface area (Å²) in [6, 6.07) is 11.5. The maximum absolute atomic E-state index is 11.8. The molecule has 0 unspecified atom stereocenters. The van der Waals surface area contributed by atoms with E-state index in [9.17, 15) is 4.79 Å². The van der Waals surface area contributed by atoms with Crippen molar-refractivity contribution in [2.45, 2.75) is 6.92 Å². The van der Waals surface area contributed by atoms with Crippen molar-refractivity contribution in [1.82, 2.24) is 4.98 Å². The molecule has 4 heteroatoms. The highest BCUT2D eigenvalue weighted by atomic mass is 127. The Kier molecular flexibility index (Phi) is 4.68. The van der Waals surface area contributed by atoms with Gasteiger partial charge in [0.1, 0.15) is 0 Å². The molecule has 0 radical (unpaired) electrons. The zero-order valence-corrected chi connectivity index (χ0v) is 12.6. The van der Waals surface area contributed by atoms with Crippen molar-refractivity contribution in [2.24, 2.45) is 0 Å². The van der Waals surface area contributed by atoms with E-state index in [1.807, 2.05) is 43.3 Å². The van der Waals surface area contributed by atoms with Gasteiger partial charge in [-0.05, 0) is 71.5 Å². The second-order valence-electron chi connectivity index (χ2n) is 4.04. The van der Waals surface area contributed by atoms with Gasteiger partial charge in [0.25, 0.3) is 0 Å². The molecule has 0 saturated carbocycles. The van der Waals surface area contributed by atoms with Crippen LogP contribution in [0.4, 0.5) is 5.69 Å². The standard InChI is InChI=1S/C15H13IN2O/c1-11-10-12(16)5-7-14(11)18-15(19)8-6-13-4-2-3-9-17-13/h2-10H,1H3,(H,18,19)/b8-6+. The van der Waals surface area contributed by atoms with E-state index in [2.05, 4.69) is 32.9 Å². The molecule has 1 amide bonds. The van der Waals surface area contributed by atoms with Gasteiger partial charge in [-0.2, -0.15) is 0 Å². The van der Waals surface area contributed by atoms with Crippen molar-refractivity contribution in [1.29, 1.82) is 0 Å². The molecule has 0 aliphatic rings. The molecule has 0 atom stereocenters. The first-order chi connectivity index (χ1) is 9.15. The first kappa shape index (κ1) is 13.7. The number of aryl methyl sites for hydroxylation is 1. The van der Waals surface area contributed by atoms with E-state index in [1.165, 1.54) is 6.08 Å². The molecule has 3 nitrogen and oxygen atoms in total. The average Bonchev–Trinajstić information content (AvgIpc) is 2.41. The summed E-state index contributed by atoms with van der Waals surface area (Å²) in [5, 5.41) is 2.85. The number of amides is 1. The van der Waals surface area contributed by atoms with Gasteiger partial charge in [-0.3, -0.25) is 9.78 Å². The fourth-order valence-electron chi connectivity index (χ4n) is 1.58. The van der Waals surface area contributed by atoms with Gasteiger partial charge in [0.2, 0.25) is 5.91 Å². The minimum absolute atomic E-state index is 0.157. The lowest BCUT2D eigenvalue weighted by molar-refractivity contribution is -0.111. The van der Waals surface area contributed by atoms with E-state index in [0.29, 0.717) is 0 Å². The topological polar surface area (TPSA) is 42.0 Å². The Morgan fingerprint density at radius 1 is 1.32 bits per heavy atom. The van der Waals surface area contributed by atoms with Crippen LogP contribution in [0.2, 0.25) is 0 Å². The zero-order valence-electron chi connectivity index (χ0n) is 10.4. The van der Waals surface area contributed by atoms with Crippen LogP contribution in [-0.2, 0) is 4.79 Å². The number of carbonyl (C=O) groups is 1. The number of carbonyl (C=O) groups excluding carboxylic acids is 1. The minimum Gasteiger partial charge on any atom is -0.322 e. The van der Waals surface area contributed by atoms with Crippen LogP contribution in [0.3, 0.4) is 0 Å². The Morgan fingerprint density at radius 3 is 2.84 bits per heavy atom. The Balaban J connectivity index is 2.04. The van der Waals surface area contributed by atoms with E-state index >= 15 is 0 Å². The fourth-order valence-corrected chi connectivity index (χ4v) is 2.22. The lowest BCUT2D eigenvalue weighted by Crippen LogP contribution is -2.09. The maximum atomic E-state index is 11.8. The molecule has 0 bridgehead atoms. The number of rotatable bonds is 3. The van der Waals surface area contributed by atoms with Gasteiger partial charge in [0.15, 0.2) is 0 Å². The van der Waals surface area contributed by atoms with E-state index in [-0.39, 0.29) is 5.91 Å². The molecule has 0 fully saturated rings.